The Hall–Kier alpha value is -2.34. The smallest absolute Gasteiger partial charge is 0.182 e. The molecular formula is C22H25BrN2O3. The Kier molecular flexibility index (Phi) is 7.09. The summed E-state index contributed by atoms with van der Waals surface area (Å²) in [6.45, 7) is 2.15. The van der Waals surface area contributed by atoms with Crippen molar-refractivity contribution in [2.45, 2.75) is 25.7 Å². The van der Waals surface area contributed by atoms with Gasteiger partial charge < -0.3 is 14.4 Å². The molecule has 148 valence electrons. The van der Waals surface area contributed by atoms with Gasteiger partial charge in [-0.2, -0.15) is 0 Å². The molecule has 0 fully saturated rings. The monoisotopic (exact) mass is 444 g/mol. The van der Waals surface area contributed by atoms with Gasteiger partial charge in [-0.25, -0.2) is 0 Å². The highest BCUT2D eigenvalue weighted by Gasteiger charge is 2.21. The Labute approximate surface area is 176 Å². The van der Waals surface area contributed by atoms with Crippen LogP contribution in [0.3, 0.4) is 0 Å². The summed E-state index contributed by atoms with van der Waals surface area (Å²) >= 11 is 0. The highest BCUT2D eigenvalue weighted by Crippen LogP contribution is 2.31. The molecule has 4 rings (SSSR count). The van der Waals surface area contributed by atoms with E-state index >= 15 is 0 Å². The van der Waals surface area contributed by atoms with Crippen LogP contribution in [-0.2, 0) is 0 Å². The number of benzene rings is 2. The molecule has 0 aliphatic carbocycles. The van der Waals surface area contributed by atoms with Gasteiger partial charge in [0.2, 0.25) is 0 Å². The standard InChI is InChI=1S/C22H24N2O3.BrH/c25-19(17-10-11-20-21(15-17)27-14-13-26-20)16-24(18-7-3-1-4-8-18)22-9-5-2-6-12-23-22;/h1,3-4,7-8,10-11,15H,2,5-6,9,12-14,16H2;1H. The van der Waals surface area contributed by atoms with E-state index in [1.165, 1.54) is 6.42 Å². The molecule has 2 aromatic carbocycles. The van der Waals surface area contributed by atoms with Crippen molar-refractivity contribution in [2.24, 2.45) is 4.99 Å². The number of anilines is 1. The molecule has 0 bridgehead atoms. The van der Waals surface area contributed by atoms with Crippen molar-refractivity contribution < 1.29 is 14.3 Å². The third-order valence-electron chi connectivity index (χ3n) is 4.90. The van der Waals surface area contributed by atoms with Crippen LogP contribution < -0.4 is 14.4 Å². The number of para-hydroxylation sites is 1. The van der Waals surface area contributed by atoms with Crippen molar-refractivity contribution in [3.8, 4) is 11.5 Å². The number of amidine groups is 1. The number of hydrogen-bond acceptors (Lipinski definition) is 5. The molecule has 28 heavy (non-hydrogen) atoms. The minimum Gasteiger partial charge on any atom is -0.486 e. The Morgan fingerprint density at radius 1 is 0.964 bits per heavy atom. The third kappa shape index (κ3) is 4.73. The van der Waals surface area contributed by atoms with Gasteiger partial charge in [0.15, 0.2) is 17.3 Å². The van der Waals surface area contributed by atoms with Crippen molar-refractivity contribution in [3.05, 3.63) is 54.1 Å². The van der Waals surface area contributed by atoms with Gasteiger partial charge in [-0.3, -0.25) is 9.79 Å². The van der Waals surface area contributed by atoms with Crippen LogP contribution in [0.15, 0.2) is 53.5 Å². The van der Waals surface area contributed by atoms with E-state index in [1.54, 1.807) is 6.07 Å². The SMILES string of the molecule is Br.O=C(CN(C1=NCCCCC1)c1ccccc1)c1ccc2c(c1)OCCO2. The van der Waals surface area contributed by atoms with Gasteiger partial charge in [0, 0.05) is 24.2 Å². The van der Waals surface area contributed by atoms with Crippen LogP contribution in [0.4, 0.5) is 5.69 Å². The summed E-state index contributed by atoms with van der Waals surface area (Å²) in [5.41, 5.74) is 1.64. The molecule has 6 heteroatoms. The number of halogens is 1. The van der Waals surface area contributed by atoms with Gasteiger partial charge in [0.25, 0.3) is 0 Å². The summed E-state index contributed by atoms with van der Waals surface area (Å²) in [7, 11) is 0. The van der Waals surface area contributed by atoms with E-state index in [0.717, 1.165) is 37.3 Å². The lowest BCUT2D eigenvalue weighted by Gasteiger charge is -2.26. The second-order valence-corrected chi connectivity index (χ2v) is 6.81. The van der Waals surface area contributed by atoms with Crippen LogP contribution in [0.25, 0.3) is 0 Å². The number of carbonyl (C=O) groups is 1. The lowest BCUT2D eigenvalue weighted by Crippen LogP contribution is -2.36. The molecular weight excluding hydrogens is 420 g/mol. The molecule has 0 radical (unpaired) electrons. The number of Topliss-reactive ketones (excluding diaryl/α,β-unsaturated/α-hetero) is 1. The molecule has 2 heterocycles. The predicted octanol–water partition coefficient (Wildman–Crippen LogP) is 4.70. The molecule has 0 aromatic heterocycles. The van der Waals surface area contributed by atoms with Crippen molar-refractivity contribution >= 4 is 34.3 Å². The molecule has 0 atom stereocenters. The number of aliphatic imine (C=N–C) groups is 1. The first-order chi connectivity index (χ1) is 13.3. The number of rotatable bonds is 4. The van der Waals surface area contributed by atoms with E-state index in [0.29, 0.717) is 30.3 Å². The Morgan fingerprint density at radius 3 is 2.57 bits per heavy atom. The molecule has 2 aliphatic heterocycles. The molecule has 2 aromatic rings. The van der Waals surface area contributed by atoms with E-state index in [1.807, 2.05) is 42.5 Å². The average molecular weight is 445 g/mol. The first kappa shape index (κ1) is 20.4. The van der Waals surface area contributed by atoms with Crippen LogP contribution in [-0.4, -0.2) is 37.9 Å². The maximum atomic E-state index is 13.0. The molecule has 0 unspecified atom stereocenters. The number of ether oxygens (including phenoxy) is 2. The Balaban J connectivity index is 0.00000225. The maximum Gasteiger partial charge on any atom is 0.182 e. The zero-order chi connectivity index (χ0) is 18.5. The highest BCUT2D eigenvalue weighted by molar-refractivity contribution is 8.93. The van der Waals surface area contributed by atoms with Gasteiger partial charge in [-0.05, 0) is 43.2 Å². The molecule has 2 aliphatic rings. The normalized spacial score (nSPS) is 15.6. The van der Waals surface area contributed by atoms with Gasteiger partial charge in [-0.1, -0.05) is 24.6 Å². The molecule has 0 N–H and O–H groups in total. The van der Waals surface area contributed by atoms with Crippen LogP contribution in [0.5, 0.6) is 11.5 Å². The van der Waals surface area contributed by atoms with E-state index in [9.17, 15) is 4.79 Å². The summed E-state index contributed by atoms with van der Waals surface area (Å²) in [4.78, 5) is 19.9. The van der Waals surface area contributed by atoms with E-state index < -0.39 is 0 Å². The van der Waals surface area contributed by atoms with Gasteiger partial charge >= 0.3 is 0 Å². The quantitative estimate of drug-likeness (QED) is 0.641. The zero-order valence-corrected chi connectivity index (χ0v) is 17.5. The van der Waals surface area contributed by atoms with Crippen molar-refractivity contribution in [1.82, 2.24) is 0 Å². The summed E-state index contributed by atoms with van der Waals surface area (Å²) < 4.78 is 11.2. The van der Waals surface area contributed by atoms with Crippen molar-refractivity contribution in [1.29, 1.82) is 0 Å². The van der Waals surface area contributed by atoms with E-state index in [-0.39, 0.29) is 29.3 Å². The second kappa shape index (κ2) is 9.73. The highest BCUT2D eigenvalue weighted by atomic mass is 79.9. The average Bonchev–Trinajstić information content (AvgIpc) is 3.01. The number of hydrogen-bond donors (Lipinski definition) is 0. The number of fused-ring (bicyclic) bond motifs is 1. The zero-order valence-electron chi connectivity index (χ0n) is 15.8. The third-order valence-corrected chi connectivity index (χ3v) is 4.90. The maximum absolute atomic E-state index is 13.0. The minimum atomic E-state index is 0. The van der Waals surface area contributed by atoms with E-state index in [2.05, 4.69) is 4.90 Å². The molecule has 5 nitrogen and oxygen atoms in total. The summed E-state index contributed by atoms with van der Waals surface area (Å²) in [6.07, 6.45) is 4.32. The van der Waals surface area contributed by atoms with Gasteiger partial charge in [0.1, 0.15) is 19.0 Å². The fraction of sp³-hybridized carbons (Fsp3) is 0.364. The van der Waals surface area contributed by atoms with Gasteiger partial charge in [-0.15, -0.1) is 17.0 Å². The Morgan fingerprint density at radius 2 is 1.75 bits per heavy atom. The second-order valence-electron chi connectivity index (χ2n) is 6.81. The first-order valence-electron chi connectivity index (χ1n) is 9.60. The molecule has 0 saturated carbocycles. The van der Waals surface area contributed by atoms with Crippen molar-refractivity contribution in [2.75, 3.05) is 31.2 Å². The minimum absolute atomic E-state index is 0. The van der Waals surface area contributed by atoms with E-state index in [4.69, 9.17) is 14.5 Å². The summed E-state index contributed by atoms with van der Waals surface area (Å²) in [6, 6.07) is 15.5. The number of nitrogens with zero attached hydrogens (tertiary/aromatic N) is 2. The molecule has 0 amide bonds. The molecule has 0 spiro atoms. The lowest BCUT2D eigenvalue weighted by molar-refractivity contribution is 0.100. The van der Waals surface area contributed by atoms with Crippen LogP contribution in [0, 0.1) is 0 Å². The van der Waals surface area contributed by atoms with Crippen LogP contribution in [0.1, 0.15) is 36.0 Å². The fourth-order valence-corrected chi connectivity index (χ4v) is 3.47. The fourth-order valence-electron chi connectivity index (χ4n) is 3.47. The number of carbonyl (C=O) groups excluding carboxylic acids is 1. The van der Waals surface area contributed by atoms with Crippen LogP contribution in [0.2, 0.25) is 0 Å². The van der Waals surface area contributed by atoms with Crippen molar-refractivity contribution in [3.63, 3.8) is 0 Å². The van der Waals surface area contributed by atoms with Gasteiger partial charge in [0.05, 0.1) is 6.54 Å². The molecule has 0 saturated heterocycles. The van der Waals surface area contributed by atoms with Crippen LogP contribution >= 0.6 is 17.0 Å². The predicted molar refractivity (Wildman–Crippen MR) is 117 cm³/mol. The largest absolute Gasteiger partial charge is 0.486 e. The summed E-state index contributed by atoms with van der Waals surface area (Å²) in [5, 5.41) is 0. The Bertz CT molecular complexity index is 839. The topological polar surface area (TPSA) is 51.1 Å². The summed E-state index contributed by atoms with van der Waals surface area (Å²) in [5.74, 6) is 2.39. The number of ketones is 1. The lowest BCUT2D eigenvalue weighted by atomic mass is 10.1. The first-order valence-corrected chi connectivity index (χ1v) is 9.60.